The number of nitrogens with one attached hydrogen (secondary N) is 1. The number of hydrogen-bond donors (Lipinski definition) is 1. The van der Waals surface area contributed by atoms with Crippen molar-refractivity contribution in [1.29, 1.82) is 0 Å². The maximum Gasteiger partial charge on any atom is 0.290 e. The molecule has 2 rings (SSSR count). The van der Waals surface area contributed by atoms with E-state index in [2.05, 4.69) is 5.32 Å². The second-order valence-corrected chi connectivity index (χ2v) is 5.48. The third-order valence-electron chi connectivity index (χ3n) is 2.43. The normalized spacial score (nSPS) is 17.2. The van der Waals surface area contributed by atoms with Crippen molar-refractivity contribution in [1.82, 2.24) is 5.32 Å². The van der Waals surface area contributed by atoms with Gasteiger partial charge in [0.05, 0.1) is 11.0 Å². The van der Waals surface area contributed by atoms with Crippen LogP contribution in [0.1, 0.15) is 19.4 Å². The summed E-state index contributed by atoms with van der Waals surface area (Å²) in [7, 11) is 0. The summed E-state index contributed by atoms with van der Waals surface area (Å²) >= 11 is 0.908. The van der Waals surface area contributed by atoms with Crippen molar-refractivity contribution < 1.29 is 14.3 Å². The Bertz CT molecular complexity index is 573. The molecule has 2 amide bonds. The largest absolute Gasteiger partial charge is 0.491 e. The average Bonchev–Trinajstić information content (AvgIpc) is 2.69. The van der Waals surface area contributed by atoms with Crippen LogP contribution in [0.5, 0.6) is 5.75 Å². The van der Waals surface area contributed by atoms with E-state index < -0.39 is 0 Å². The average molecular weight is 289 g/mol. The Labute approximate surface area is 121 Å². The highest BCUT2D eigenvalue weighted by Gasteiger charge is 2.24. The molecule has 0 atom stereocenters. The number of amides is 2. The lowest BCUT2D eigenvalue weighted by atomic mass is 10.2. The van der Waals surface area contributed by atoms with E-state index in [-0.39, 0.29) is 17.3 Å². The molecule has 0 aromatic heterocycles. The molecule has 1 heterocycles. The van der Waals surface area contributed by atoms with E-state index in [0.29, 0.717) is 4.91 Å². The molecule has 1 aromatic carbocycles. The molecule has 1 fully saturated rings. The minimum absolute atomic E-state index is 0.150. The summed E-state index contributed by atoms with van der Waals surface area (Å²) in [5.74, 6) is 0.483. The summed E-state index contributed by atoms with van der Waals surface area (Å²) in [6.45, 7) is 3.96. The van der Waals surface area contributed by atoms with Gasteiger partial charge in [-0.15, -0.1) is 0 Å². The highest BCUT2D eigenvalue weighted by atomic mass is 32.2. The van der Waals surface area contributed by atoms with Crippen LogP contribution in [-0.2, 0) is 4.79 Å². The van der Waals surface area contributed by atoms with Gasteiger partial charge in [-0.2, -0.15) is 0 Å². The molecular weight excluding hydrogens is 274 g/mol. The molecule has 0 spiro atoms. The van der Waals surface area contributed by atoms with Crippen LogP contribution < -0.4 is 10.1 Å². The van der Waals surface area contributed by atoms with Gasteiger partial charge in [0.25, 0.3) is 11.1 Å². The predicted molar refractivity (Wildman–Crippen MR) is 80.5 cm³/mol. The lowest BCUT2D eigenvalue weighted by molar-refractivity contribution is -0.115. The molecule has 0 radical (unpaired) electrons. The third kappa shape index (κ3) is 3.99. The molecule has 104 valence electrons. The predicted octanol–water partition coefficient (Wildman–Crippen LogP) is 3.35. The van der Waals surface area contributed by atoms with Gasteiger partial charge in [-0.1, -0.05) is 24.3 Å². The molecular formula is C15H15NO3S. The van der Waals surface area contributed by atoms with E-state index in [1.807, 2.05) is 44.2 Å². The summed E-state index contributed by atoms with van der Waals surface area (Å²) in [5.41, 5.74) is 0.993. The number of carbonyl (C=O) groups is 2. The first-order chi connectivity index (χ1) is 9.54. The van der Waals surface area contributed by atoms with Gasteiger partial charge in [0.15, 0.2) is 0 Å². The number of thioether (sulfide) groups is 1. The Morgan fingerprint density at radius 1 is 1.20 bits per heavy atom. The maximum absolute atomic E-state index is 11.3. The van der Waals surface area contributed by atoms with Gasteiger partial charge in [0, 0.05) is 0 Å². The first kappa shape index (κ1) is 14.4. The summed E-state index contributed by atoms with van der Waals surface area (Å²) in [4.78, 5) is 22.7. The van der Waals surface area contributed by atoms with Crippen molar-refractivity contribution in [2.45, 2.75) is 20.0 Å². The van der Waals surface area contributed by atoms with E-state index >= 15 is 0 Å². The molecule has 0 unspecified atom stereocenters. The molecule has 0 aliphatic carbocycles. The third-order valence-corrected chi connectivity index (χ3v) is 3.26. The topological polar surface area (TPSA) is 55.4 Å². The van der Waals surface area contributed by atoms with Crippen molar-refractivity contribution in [3.63, 3.8) is 0 Å². The minimum atomic E-state index is -0.342. The molecule has 1 aromatic rings. The summed E-state index contributed by atoms with van der Waals surface area (Å²) in [6.07, 6.45) is 5.39. The SMILES string of the molecule is CC(C)Oc1ccc(C=CC=C2SC(=O)NC2=O)cc1. The molecule has 0 saturated carbocycles. The van der Waals surface area contributed by atoms with Gasteiger partial charge >= 0.3 is 0 Å². The van der Waals surface area contributed by atoms with Crippen molar-refractivity contribution >= 4 is 29.0 Å². The monoisotopic (exact) mass is 289 g/mol. The number of hydrogen-bond acceptors (Lipinski definition) is 4. The highest BCUT2D eigenvalue weighted by molar-refractivity contribution is 8.18. The molecule has 1 N–H and O–H groups in total. The Balaban J connectivity index is 1.99. The smallest absolute Gasteiger partial charge is 0.290 e. The van der Waals surface area contributed by atoms with Crippen LogP contribution in [0.3, 0.4) is 0 Å². The fraction of sp³-hybridized carbons (Fsp3) is 0.200. The van der Waals surface area contributed by atoms with E-state index in [9.17, 15) is 9.59 Å². The van der Waals surface area contributed by atoms with Crippen LogP contribution in [0.2, 0.25) is 0 Å². The van der Waals surface area contributed by atoms with Gasteiger partial charge < -0.3 is 4.74 Å². The van der Waals surface area contributed by atoms with E-state index in [1.54, 1.807) is 12.2 Å². The van der Waals surface area contributed by atoms with E-state index in [4.69, 9.17) is 4.74 Å². The fourth-order valence-corrected chi connectivity index (χ4v) is 2.25. The summed E-state index contributed by atoms with van der Waals surface area (Å²) in [5, 5.41) is 1.88. The Morgan fingerprint density at radius 3 is 2.45 bits per heavy atom. The minimum Gasteiger partial charge on any atom is -0.491 e. The van der Waals surface area contributed by atoms with Crippen LogP contribution in [0.15, 0.2) is 41.3 Å². The number of ether oxygens (including phenoxy) is 1. The zero-order valence-electron chi connectivity index (χ0n) is 11.3. The number of allylic oxidation sites excluding steroid dienone is 2. The highest BCUT2D eigenvalue weighted by Crippen LogP contribution is 2.23. The fourth-order valence-electron chi connectivity index (χ4n) is 1.61. The molecule has 1 aliphatic heterocycles. The van der Waals surface area contributed by atoms with E-state index in [0.717, 1.165) is 23.1 Å². The Hall–Kier alpha value is -2.01. The quantitative estimate of drug-likeness (QED) is 0.864. The first-order valence-corrected chi connectivity index (χ1v) is 7.04. The number of rotatable bonds is 4. The van der Waals surface area contributed by atoms with Crippen molar-refractivity contribution in [2.24, 2.45) is 0 Å². The molecule has 4 nitrogen and oxygen atoms in total. The van der Waals surface area contributed by atoms with Crippen LogP contribution in [0.25, 0.3) is 6.08 Å². The van der Waals surface area contributed by atoms with Gasteiger partial charge in [0.2, 0.25) is 0 Å². The van der Waals surface area contributed by atoms with Gasteiger partial charge in [0.1, 0.15) is 5.75 Å². The van der Waals surface area contributed by atoms with Crippen molar-refractivity contribution in [3.8, 4) is 5.75 Å². The second-order valence-electron chi connectivity index (χ2n) is 4.47. The standard InChI is InChI=1S/C15H15NO3S/c1-10(2)19-12-8-6-11(7-9-12)4-3-5-13-14(17)16-15(18)20-13/h3-10H,1-2H3,(H,16,17,18). The number of benzene rings is 1. The molecule has 1 saturated heterocycles. The van der Waals surface area contributed by atoms with Crippen LogP contribution in [0, 0.1) is 0 Å². The van der Waals surface area contributed by atoms with Gasteiger partial charge in [-0.3, -0.25) is 14.9 Å². The Morgan fingerprint density at radius 2 is 1.90 bits per heavy atom. The van der Waals surface area contributed by atoms with Crippen LogP contribution in [0.4, 0.5) is 4.79 Å². The number of carbonyl (C=O) groups excluding carboxylic acids is 2. The van der Waals surface area contributed by atoms with E-state index in [1.165, 1.54) is 0 Å². The van der Waals surface area contributed by atoms with Crippen molar-refractivity contribution in [2.75, 3.05) is 0 Å². The second kappa shape index (κ2) is 6.43. The molecule has 0 bridgehead atoms. The maximum atomic E-state index is 11.3. The molecule has 20 heavy (non-hydrogen) atoms. The molecule has 5 heteroatoms. The lowest BCUT2D eigenvalue weighted by Gasteiger charge is -2.09. The molecule has 1 aliphatic rings. The van der Waals surface area contributed by atoms with Crippen LogP contribution in [-0.4, -0.2) is 17.3 Å². The summed E-state index contributed by atoms with van der Waals surface area (Å²) < 4.78 is 5.55. The lowest BCUT2D eigenvalue weighted by Crippen LogP contribution is -2.17. The van der Waals surface area contributed by atoms with Gasteiger partial charge in [-0.25, -0.2) is 0 Å². The first-order valence-electron chi connectivity index (χ1n) is 6.23. The van der Waals surface area contributed by atoms with Gasteiger partial charge in [-0.05, 0) is 49.4 Å². The van der Waals surface area contributed by atoms with Crippen molar-refractivity contribution in [3.05, 3.63) is 46.9 Å². The zero-order valence-corrected chi connectivity index (χ0v) is 12.1. The zero-order chi connectivity index (χ0) is 14.5. The van der Waals surface area contributed by atoms with Crippen LogP contribution >= 0.6 is 11.8 Å². The summed E-state index contributed by atoms with van der Waals surface area (Å²) in [6, 6.07) is 7.65. The Kier molecular flexibility index (Phi) is 4.63. The number of imide groups is 1.